The number of rotatable bonds is 2. The third-order valence-electron chi connectivity index (χ3n) is 1.48. The van der Waals surface area contributed by atoms with E-state index in [0.29, 0.717) is 18.4 Å². The summed E-state index contributed by atoms with van der Waals surface area (Å²) in [6.45, 7) is 3.64. The van der Waals surface area contributed by atoms with Crippen LogP contribution in [0.2, 0.25) is 5.02 Å². The Bertz CT molecular complexity index is 245. The average molecular weight is 172 g/mol. The van der Waals surface area contributed by atoms with Crippen LogP contribution in [0.5, 0.6) is 0 Å². The lowest BCUT2D eigenvalue weighted by molar-refractivity contribution is 0.610. The molecule has 0 saturated carbocycles. The maximum Gasteiger partial charge on any atom is 0.144 e. The molecule has 0 aliphatic carbocycles. The lowest BCUT2D eigenvalue weighted by Gasteiger charge is -2.00. The summed E-state index contributed by atoms with van der Waals surface area (Å²) in [6, 6.07) is 5.02. The van der Waals surface area contributed by atoms with Gasteiger partial charge in [0.1, 0.15) is 5.82 Å². The quantitative estimate of drug-likeness (QED) is 0.641. The van der Waals surface area contributed by atoms with E-state index in [-0.39, 0.29) is 10.8 Å². The monoisotopic (exact) mass is 171 g/mol. The summed E-state index contributed by atoms with van der Waals surface area (Å²) in [5, 5.41) is 0.191. The molecule has 0 aromatic heterocycles. The van der Waals surface area contributed by atoms with E-state index < -0.39 is 0 Å². The Labute approximate surface area is 71.0 Å². The molecule has 0 fully saturated rings. The Kier molecular flexibility index (Phi) is 2.89. The first-order chi connectivity index (χ1) is 5.25. The van der Waals surface area contributed by atoms with E-state index in [4.69, 9.17) is 11.6 Å². The van der Waals surface area contributed by atoms with Gasteiger partial charge in [-0.15, -0.1) is 0 Å². The Morgan fingerprint density at radius 1 is 1.45 bits per heavy atom. The van der Waals surface area contributed by atoms with E-state index in [2.05, 4.69) is 6.92 Å². The molecule has 0 atom stereocenters. The van der Waals surface area contributed by atoms with Gasteiger partial charge in [-0.25, -0.2) is 4.39 Å². The van der Waals surface area contributed by atoms with Crippen molar-refractivity contribution in [3.8, 4) is 0 Å². The van der Waals surface area contributed by atoms with Crippen LogP contribution in [0.4, 0.5) is 4.39 Å². The van der Waals surface area contributed by atoms with Gasteiger partial charge in [-0.05, 0) is 24.5 Å². The summed E-state index contributed by atoms with van der Waals surface area (Å²) in [4.78, 5) is 0. The molecular weight excluding hydrogens is 163 g/mol. The van der Waals surface area contributed by atoms with Gasteiger partial charge in [0.2, 0.25) is 0 Å². The minimum absolute atomic E-state index is 0.191. The van der Waals surface area contributed by atoms with Crippen molar-refractivity contribution < 1.29 is 4.39 Å². The van der Waals surface area contributed by atoms with Gasteiger partial charge in [0.05, 0.1) is 5.02 Å². The standard InChI is InChI=1S/C9H9ClF/c1-2-4-7-5-3-6-8(10)9(7)11/h3,5-6H,1-2,4H2. The summed E-state index contributed by atoms with van der Waals surface area (Å²) in [6.07, 6.45) is 1.34. The predicted molar refractivity (Wildman–Crippen MR) is 45.1 cm³/mol. The maximum absolute atomic E-state index is 13.0. The van der Waals surface area contributed by atoms with Crippen molar-refractivity contribution >= 4 is 11.6 Å². The second-order valence-electron chi connectivity index (χ2n) is 2.32. The molecule has 0 unspecified atom stereocenters. The number of benzene rings is 1. The molecule has 59 valence electrons. The molecule has 0 spiro atoms. The van der Waals surface area contributed by atoms with Crippen molar-refractivity contribution in [2.75, 3.05) is 0 Å². The van der Waals surface area contributed by atoms with Crippen molar-refractivity contribution in [1.82, 2.24) is 0 Å². The maximum atomic E-state index is 13.0. The van der Waals surface area contributed by atoms with Crippen LogP contribution < -0.4 is 0 Å². The molecule has 1 radical (unpaired) electrons. The van der Waals surface area contributed by atoms with Gasteiger partial charge in [0.25, 0.3) is 0 Å². The first kappa shape index (κ1) is 8.54. The first-order valence-corrected chi connectivity index (χ1v) is 3.85. The van der Waals surface area contributed by atoms with Crippen LogP contribution in [0, 0.1) is 12.7 Å². The molecule has 11 heavy (non-hydrogen) atoms. The fourth-order valence-electron chi connectivity index (χ4n) is 0.932. The molecule has 1 aromatic rings. The number of halogens is 2. The zero-order valence-electron chi connectivity index (χ0n) is 6.11. The summed E-state index contributed by atoms with van der Waals surface area (Å²) in [5.74, 6) is -0.308. The molecule has 0 amide bonds. The molecule has 0 heterocycles. The van der Waals surface area contributed by atoms with Crippen LogP contribution in [-0.2, 0) is 6.42 Å². The Balaban J connectivity index is 2.96. The van der Waals surface area contributed by atoms with Crippen LogP contribution in [0.25, 0.3) is 0 Å². The van der Waals surface area contributed by atoms with E-state index in [0.717, 1.165) is 0 Å². The molecular formula is C9H9ClF. The van der Waals surface area contributed by atoms with Gasteiger partial charge >= 0.3 is 0 Å². The fraction of sp³-hybridized carbons (Fsp3) is 0.222. The summed E-state index contributed by atoms with van der Waals surface area (Å²) < 4.78 is 13.0. The van der Waals surface area contributed by atoms with Crippen LogP contribution in [0.15, 0.2) is 18.2 Å². The lowest BCUT2D eigenvalue weighted by Crippen LogP contribution is -1.89. The third-order valence-corrected chi connectivity index (χ3v) is 1.77. The lowest BCUT2D eigenvalue weighted by atomic mass is 10.1. The van der Waals surface area contributed by atoms with Crippen LogP contribution in [-0.4, -0.2) is 0 Å². The van der Waals surface area contributed by atoms with E-state index in [9.17, 15) is 4.39 Å². The molecule has 1 rings (SSSR count). The largest absolute Gasteiger partial charge is 0.205 e. The highest BCUT2D eigenvalue weighted by Crippen LogP contribution is 2.18. The molecule has 2 heteroatoms. The molecule has 0 aliphatic heterocycles. The topological polar surface area (TPSA) is 0 Å². The zero-order chi connectivity index (χ0) is 8.27. The smallest absolute Gasteiger partial charge is 0.144 e. The van der Waals surface area contributed by atoms with E-state index in [1.54, 1.807) is 18.2 Å². The van der Waals surface area contributed by atoms with Crippen molar-refractivity contribution in [2.45, 2.75) is 12.8 Å². The highest BCUT2D eigenvalue weighted by molar-refractivity contribution is 6.30. The van der Waals surface area contributed by atoms with Crippen LogP contribution >= 0.6 is 11.6 Å². The molecule has 0 aliphatic rings. The van der Waals surface area contributed by atoms with Crippen molar-refractivity contribution in [2.24, 2.45) is 0 Å². The molecule has 1 aromatic carbocycles. The van der Waals surface area contributed by atoms with Gasteiger partial charge in [-0.1, -0.05) is 30.7 Å². The summed E-state index contributed by atoms with van der Waals surface area (Å²) in [7, 11) is 0. The average Bonchev–Trinajstić information content (AvgIpc) is 1.99. The molecule has 0 saturated heterocycles. The Hall–Kier alpha value is -0.560. The van der Waals surface area contributed by atoms with Gasteiger partial charge < -0.3 is 0 Å². The second kappa shape index (κ2) is 3.72. The molecule has 0 N–H and O–H groups in total. The van der Waals surface area contributed by atoms with Gasteiger partial charge in [0, 0.05) is 0 Å². The van der Waals surface area contributed by atoms with Crippen LogP contribution in [0.1, 0.15) is 12.0 Å². The normalized spacial score (nSPS) is 10.1. The number of hydrogen-bond acceptors (Lipinski definition) is 0. The van der Waals surface area contributed by atoms with Crippen molar-refractivity contribution in [3.63, 3.8) is 0 Å². The number of aryl methyl sites for hydroxylation is 1. The zero-order valence-corrected chi connectivity index (χ0v) is 6.87. The van der Waals surface area contributed by atoms with Crippen molar-refractivity contribution in [1.29, 1.82) is 0 Å². The Morgan fingerprint density at radius 3 is 2.82 bits per heavy atom. The minimum atomic E-state index is -0.308. The molecule has 0 bridgehead atoms. The van der Waals surface area contributed by atoms with E-state index in [1.807, 2.05) is 0 Å². The minimum Gasteiger partial charge on any atom is -0.205 e. The van der Waals surface area contributed by atoms with E-state index in [1.165, 1.54) is 0 Å². The summed E-state index contributed by atoms with van der Waals surface area (Å²) >= 11 is 5.55. The van der Waals surface area contributed by atoms with Crippen LogP contribution in [0.3, 0.4) is 0 Å². The Morgan fingerprint density at radius 2 is 2.18 bits per heavy atom. The number of hydrogen-bond donors (Lipinski definition) is 0. The predicted octanol–water partition coefficient (Wildman–Crippen LogP) is 3.25. The van der Waals surface area contributed by atoms with Gasteiger partial charge in [-0.2, -0.15) is 0 Å². The van der Waals surface area contributed by atoms with Gasteiger partial charge in [0.15, 0.2) is 0 Å². The fourth-order valence-corrected chi connectivity index (χ4v) is 1.13. The van der Waals surface area contributed by atoms with Gasteiger partial charge in [-0.3, -0.25) is 0 Å². The third kappa shape index (κ3) is 1.93. The van der Waals surface area contributed by atoms with Crippen molar-refractivity contribution in [3.05, 3.63) is 41.5 Å². The highest BCUT2D eigenvalue weighted by atomic mass is 35.5. The van der Waals surface area contributed by atoms with E-state index >= 15 is 0 Å². The summed E-state index contributed by atoms with van der Waals surface area (Å²) in [5.41, 5.74) is 0.646. The first-order valence-electron chi connectivity index (χ1n) is 3.48. The SMILES string of the molecule is [CH2]CCc1cccc(Cl)c1F. The highest BCUT2D eigenvalue weighted by Gasteiger charge is 2.03. The molecule has 0 nitrogen and oxygen atoms in total. The second-order valence-corrected chi connectivity index (χ2v) is 2.72.